The zero-order valence-corrected chi connectivity index (χ0v) is 20.3. The van der Waals surface area contributed by atoms with E-state index in [1.54, 1.807) is 30.3 Å². The second kappa shape index (κ2) is 10.5. The molecule has 0 N–H and O–H groups in total. The molecule has 3 aromatic carbocycles. The molecule has 0 radical (unpaired) electrons. The molecule has 4 rings (SSSR count). The van der Waals surface area contributed by atoms with Gasteiger partial charge in [0.25, 0.3) is 11.1 Å². The average molecular weight is 490 g/mol. The number of methoxy groups -OCH3 is 3. The van der Waals surface area contributed by atoms with Crippen molar-refractivity contribution in [2.75, 3.05) is 27.9 Å². The fourth-order valence-electron chi connectivity index (χ4n) is 3.69. The van der Waals surface area contributed by atoms with Gasteiger partial charge in [-0.2, -0.15) is 0 Å². The van der Waals surface area contributed by atoms with Crippen LogP contribution >= 0.6 is 11.8 Å². The van der Waals surface area contributed by atoms with Crippen LogP contribution in [0.3, 0.4) is 0 Å². The molecule has 0 aliphatic carbocycles. The van der Waals surface area contributed by atoms with Crippen LogP contribution in [0.25, 0.3) is 17.2 Å². The number of rotatable bonds is 8. The highest BCUT2D eigenvalue weighted by atomic mass is 32.2. The van der Waals surface area contributed by atoms with E-state index in [0.717, 1.165) is 27.8 Å². The van der Waals surface area contributed by atoms with Crippen LogP contribution in [-0.4, -0.2) is 49.7 Å². The molecule has 35 heavy (non-hydrogen) atoms. The van der Waals surface area contributed by atoms with Crippen molar-refractivity contribution >= 4 is 34.8 Å². The molecule has 0 unspecified atom stereocenters. The molecule has 0 atom stereocenters. The normalized spacial score (nSPS) is 14.4. The van der Waals surface area contributed by atoms with Crippen LogP contribution in [0, 0.1) is 0 Å². The Hall–Kier alpha value is -4.04. The Bertz CT molecular complexity index is 1280. The van der Waals surface area contributed by atoms with Gasteiger partial charge in [-0.1, -0.05) is 54.6 Å². The summed E-state index contributed by atoms with van der Waals surface area (Å²) in [4.78, 5) is 39.5. The number of ether oxygens (including phenoxy) is 3. The third kappa shape index (κ3) is 5.07. The highest BCUT2D eigenvalue weighted by Gasteiger charge is 2.36. The van der Waals surface area contributed by atoms with E-state index in [2.05, 4.69) is 0 Å². The molecule has 1 heterocycles. The number of nitrogens with zero attached hydrogens (tertiary/aromatic N) is 1. The van der Waals surface area contributed by atoms with Crippen molar-refractivity contribution in [2.24, 2.45) is 0 Å². The standard InChI is InChI=1S/C27H23NO6S/c1-32-22-13-17(14-23(33-2)25(22)34-3)15-24-26(30)28(27(31)35-24)16-21(29)20-11-9-19(10-12-20)18-7-5-4-6-8-18/h4-15H,16H2,1-3H3. The van der Waals surface area contributed by atoms with E-state index in [1.807, 2.05) is 42.5 Å². The maximum atomic E-state index is 12.9. The predicted octanol–water partition coefficient (Wildman–Crippen LogP) is 5.30. The lowest BCUT2D eigenvalue weighted by Crippen LogP contribution is -2.33. The summed E-state index contributed by atoms with van der Waals surface area (Å²) in [5.41, 5.74) is 3.03. The lowest BCUT2D eigenvalue weighted by molar-refractivity contribution is -0.122. The Balaban J connectivity index is 1.51. The van der Waals surface area contributed by atoms with Crippen LogP contribution in [-0.2, 0) is 4.79 Å². The highest BCUT2D eigenvalue weighted by molar-refractivity contribution is 8.18. The summed E-state index contributed by atoms with van der Waals surface area (Å²) >= 11 is 0.784. The van der Waals surface area contributed by atoms with Crippen molar-refractivity contribution in [2.45, 2.75) is 0 Å². The maximum absolute atomic E-state index is 12.9. The van der Waals surface area contributed by atoms with Gasteiger partial charge in [0.2, 0.25) is 5.75 Å². The van der Waals surface area contributed by atoms with Crippen LogP contribution in [0.15, 0.2) is 71.6 Å². The van der Waals surface area contributed by atoms with E-state index in [9.17, 15) is 14.4 Å². The summed E-state index contributed by atoms with van der Waals surface area (Å²) in [6.45, 7) is -0.331. The topological polar surface area (TPSA) is 82.1 Å². The lowest BCUT2D eigenvalue weighted by Gasteiger charge is -2.13. The summed E-state index contributed by atoms with van der Waals surface area (Å²) in [6, 6.07) is 20.2. The third-order valence-electron chi connectivity index (χ3n) is 5.47. The SMILES string of the molecule is COc1cc(C=C2SC(=O)N(CC(=O)c3ccc(-c4ccccc4)cc3)C2=O)cc(OC)c1OC. The molecule has 1 saturated heterocycles. The minimum atomic E-state index is -0.525. The van der Waals surface area contributed by atoms with Crippen LogP contribution in [0.5, 0.6) is 17.2 Å². The van der Waals surface area contributed by atoms with E-state index < -0.39 is 11.1 Å². The number of benzene rings is 3. The number of hydrogen-bond acceptors (Lipinski definition) is 7. The van der Waals surface area contributed by atoms with Crippen LogP contribution in [0.2, 0.25) is 0 Å². The highest BCUT2D eigenvalue weighted by Crippen LogP contribution is 2.40. The maximum Gasteiger partial charge on any atom is 0.293 e. The number of amides is 2. The first-order valence-corrected chi connectivity index (χ1v) is 11.5. The van der Waals surface area contributed by atoms with Crippen LogP contribution in [0.1, 0.15) is 15.9 Å². The molecule has 0 spiro atoms. The average Bonchev–Trinajstić information content (AvgIpc) is 3.15. The minimum absolute atomic E-state index is 0.205. The van der Waals surface area contributed by atoms with Gasteiger partial charge in [-0.15, -0.1) is 0 Å². The number of thioether (sulfide) groups is 1. The Kier molecular flexibility index (Phi) is 7.22. The first-order chi connectivity index (χ1) is 16.9. The summed E-state index contributed by atoms with van der Waals surface area (Å²) in [5.74, 6) is 0.422. The summed E-state index contributed by atoms with van der Waals surface area (Å²) in [5, 5.41) is -0.497. The van der Waals surface area contributed by atoms with Crippen molar-refractivity contribution < 1.29 is 28.6 Å². The van der Waals surface area contributed by atoms with Gasteiger partial charge in [0.1, 0.15) is 0 Å². The zero-order chi connectivity index (χ0) is 24.9. The smallest absolute Gasteiger partial charge is 0.293 e. The second-order valence-corrected chi connectivity index (χ2v) is 8.59. The molecule has 0 aromatic heterocycles. The molecule has 1 fully saturated rings. The number of Topliss-reactive ketones (excluding diaryl/α,β-unsaturated/α-hetero) is 1. The molecule has 178 valence electrons. The molecule has 8 heteroatoms. The fraction of sp³-hybridized carbons (Fsp3) is 0.148. The molecule has 7 nitrogen and oxygen atoms in total. The molecular formula is C27H23NO6S. The molecule has 0 saturated carbocycles. The van der Waals surface area contributed by atoms with Gasteiger partial charge in [-0.25, -0.2) is 0 Å². The number of carbonyl (C=O) groups excluding carboxylic acids is 3. The quantitative estimate of drug-likeness (QED) is 0.314. The van der Waals surface area contributed by atoms with Crippen LogP contribution in [0.4, 0.5) is 4.79 Å². The summed E-state index contributed by atoms with van der Waals surface area (Å²) < 4.78 is 16.0. The second-order valence-electron chi connectivity index (χ2n) is 7.59. The molecule has 1 aliphatic rings. The van der Waals surface area contributed by atoms with Crippen molar-refractivity contribution in [3.8, 4) is 28.4 Å². The van der Waals surface area contributed by atoms with Crippen molar-refractivity contribution in [1.29, 1.82) is 0 Å². The first-order valence-electron chi connectivity index (χ1n) is 10.7. The third-order valence-corrected chi connectivity index (χ3v) is 6.38. The van der Waals surface area contributed by atoms with Gasteiger partial charge in [-0.05, 0) is 46.7 Å². The van der Waals surface area contributed by atoms with E-state index in [1.165, 1.54) is 21.3 Å². The summed E-state index contributed by atoms with van der Waals surface area (Å²) in [6.07, 6.45) is 1.56. The fourth-order valence-corrected chi connectivity index (χ4v) is 4.52. The molecular weight excluding hydrogens is 466 g/mol. The van der Waals surface area contributed by atoms with Gasteiger partial charge in [0.05, 0.1) is 32.8 Å². The van der Waals surface area contributed by atoms with Crippen molar-refractivity contribution in [3.05, 3.63) is 82.8 Å². The van der Waals surface area contributed by atoms with Gasteiger partial charge >= 0.3 is 0 Å². The predicted molar refractivity (Wildman–Crippen MR) is 135 cm³/mol. The first kappa shape index (κ1) is 24.1. The summed E-state index contributed by atoms with van der Waals surface area (Å²) in [7, 11) is 4.48. The number of carbonyl (C=O) groups is 3. The molecule has 3 aromatic rings. The van der Waals surface area contributed by atoms with E-state index >= 15 is 0 Å². The van der Waals surface area contributed by atoms with E-state index in [4.69, 9.17) is 14.2 Å². The molecule has 0 bridgehead atoms. The largest absolute Gasteiger partial charge is 0.493 e. The Morgan fingerprint density at radius 1 is 0.857 bits per heavy atom. The minimum Gasteiger partial charge on any atom is -0.493 e. The van der Waals surface area contributed by atoms with Crippen molar-refractivity contribution in [3.63, 3.8) is 0 Å². The Morgan fingerprint density at radius 2 is 1.46 bits per heavy atom. The van der Waals surface area contributed by atoms with Gasteiger partial charge in [-0.3, -0.25) is 19.3 Å². The Morgan fingerprint density at radius 3 is 2.03 bits per heavy atom. The zero-order valence-electron chi connectivity index (χ0n) is 19.4. The monoisotopic (exact) mass is 489 g/mol. The van der Waals surface area contributed by atoms with E-state index in [-0.39, 0.29) is 17.2 Å². The van der Waals surface area contributed by atoms with E-state index in [0.29, 0.717) is 28.4 Å². The lowest BCUT2D eigenvalue weighted by atomic mass is 10.0. The number of ketones is 1. The van der Waals surface area contributed by atoms with Crippen LogP contribution < -0.4 is 14.2 Å². The molecule has 1 aliphatic heterocycles. The van der Waals surface area contributed by atoms with Gasteiger partial charge in [0, 0.05) is 5.56 Å². The molecule has 2 amide bonds. The van der Waals surface area contributed by atoms with Crippen molar-refractivity contribution in [1.82, 2.24) is 4.90 Å². The Labute approximate surface area is 207 Å². The van der Waals surface area contributed by atoms with Gasteiger partial charge < -0.3 is 14.2 Å². The van der Waals surface area contributed by atoms with Gasteiger partial charge in [0.15, 0.2) is 17.3 Å². The number of imide groups is 1. The number of hydrogen-bond donors (Lipinski definition) is 0.